The SMILES string of the molecule is CC(Br)C(C)CC1COc2ccccc21. The molecule has 0 fully saturated rings. The van der Waals surface area contributed by atoms with Crippen LogP contribution in [0, 0.1) is 5.92 Å². The molecule has 2 heteroatoms. The van der Waals surface area contributed by atoms with E-state index in [1.807, 2.05) is 6.07 Å². The van der Waals surface area contributed by atoms with Crippen LogP contribution in [0.15, 0.2) is 24.3 Å². The lowest BCUT2D eigenvalue weighted by molar-refractivity contribution is 0.310. The number of alkyl halides is 1. The first-order valence-electron chi connectivity index (χ1n) is 5.54. The van der Waals surface area contributed by atoms with Crippen LogP contribution in [0.4, 0.5) is 0 Å². The van der Waals surface area contributed by atoms with Crippen molar-refractivity contribution in [3.05, 3.63) is 29.8 Å². The number of halogens is 1. The minimum Gasteiger partial charge on any atom is -0.493 e. The summed E-state index contributed by atoms with van der Waals surface area (Å²) >= 11 is 3.65. The van der Waals surface area contributed by atoms with Gasteiger partial charge in [-0.1, -0.05) is 48.0 Å². The molecule has 0 aromatic heterocycles. The second-order valence-electron chi connectivity index (χ2n) is 4.44. The van der Waals surface area contributed by atoms with Crippen molar-refractivity contribution in [3.8, 4) is 5.75 Å². The molecule has 0 saturated heterocycles. The molecule has 2 rings (SSSR count). The summed E-state index contributed by atoms with van der Waals surface area (Å²) in [6.07, 6.45) is 1.20. The van der Waals surface area contributed by atoms with Crippen molar-refractivity contribution in [3.63, 3.8) is 0 Å². The molecule has 82 valence electrons. The van der Waals surface area contributed by atoms with Crippen molar-refractivity contribution < 1.29 is 4.74 Å². The lowest BCUT2D eigenvalue weighted by Crippen LogP contribution is -2.12. The van der Waals surface area contributed by atoms with Gasteiger partial charge in [0.1, 0.15) is 5.75 Å². The molecular formula is C13H17BrO. The standard InChI is InChI=1S/C13H17BrO/c1-9(10(2)14)7-11-8-15-13-6-4-3-5-12(11)13/h3-6,9-11H,7-8H2,1-2H3. The highest BCUT2D eigenvalue weighted by Crippen LogP contribution is 2.38. The van der Waals surface area contributed by atoms with Gasteiger partial charge in [0.25, 0.3) is 0 Å². The van der Waals surface area contributed by atoms with E-state index in [2.05, 4.69) is 48.0 Å². The Morgan fingerprint density at radius 1 is 1.40 bits per heavy atom. The van der Waals surface area contributed by atoms with Crippen LogP contribution in [-0.2, 0) is 0 Å². The van der Waals surface area contributed by atoms with E-state index in [0.717, 1.165) is 12.4 Å². The van der Waals surface area contributed by atoms with Gasteiger partial charge in [0.15, 0.2) is 0 Å². The molecule has 0 spiro atoms. The molecule has 1 nitrogen and oxygen atoms in total. The maximum atomic E-state index is 5.68. The molecule has 0 bridgehead atoms. The third-order valence-corrected chi connectivity index (χ3v) is 4.14. The Kier molecular flexibility index (Phi) is 3.35. The maximum absolute atomic E-state index is 5.68. The zero-order chi connectivity index (χ0) is 10.8. The van der Waals surface area contributed by atoms with Crippen molar-refractivity contribution in [2.24, 2.45) is 5.92 Å². The molecule has 0 radical (unpaired) electrons. The maximum Gasteiger partial charge on any atom is 0.122 e. The van der Waals surface area contributed by atoms with Crippen molar-refractivity contribution in [2.45, 2.75) is 31.0 Å². The number of benzene rings is 1. The number of ether oxygens (including phenoxy) is 1. The Bertz CT molecular complexity index is 335. The average Bonchev–Trinajstić information content (AvgIpc) is 2.62. The molecule has 3 atom stereocenters. The van der Waals surface area contributed by atoms with Gasteiger partial charge in [0.05, 0.1) is 6.61 Å². The summed E-state index contributed by atoms with van der Waals surface area (Å²) in [7, 11) is 0. The van der Waals surface area contributed by atoms with E-state index < -0.39 is 0 Å². The van der Waals surface area contributed by atoms with Crippen LogP contribution >= 0.6 is 15.9 Å². The smallest absolute Gasteiger partial charge is 0.122 e. The van der Waals surface area contributed by atoms with Crippen molar-refractivity contribution in [2.75, 3.05) is 6.61 Å². The van der Waals surface area contributed by atoms with Gasteiger partial charge in [-0.15, -0.1) is 0 Å². The molecule has 0 aliphatic carbocycles. The first-order valence-corrected chi connectivity index (χ1v) is 6.46. The summed E-state index contributed by atoms with van der Waals surface area (Å²) in [5.41, 5.74) is 1.39. The highest BCUT2D eigenvalue weighted by Gasteiger charge is 2.26. The average molecular weight is 269 g/mol. The fraction of sp³-hybridized carbons (Fsp3) is 0.538. The van der Waals surface area contributed by atoms with Gasteiger partial charge in [0, 0.05) is 16.3 Å². The van der Waals surface area contributed by atoms with Crippen molar-refractivity contribution in [1.82, 2.24) is 0 Å². The predicted octanol–water partition coefficient (Wildman–Crippen LogP) is 3.97. The summed E-state index contributed by atoms with van der Waals surface area (Å²) < 4.78 is 5.68. The minimum absolute atomic E-state index is 0.574. The third-order valence-electron chi connectivity index (χ3n) is 3.24. The number of rotatable bonds is 3. The topological polar surface area (TPSA) is 9.23 Å². The highest BCUT2D eigenvalue weighted by molar-refractivity contribution is 9.09. The Balaban J connectivity index is 2.08. The van der Waals surface area contributed by atoms with Crippen LogP contribution in [0.5, 0.6) is 5.75 Å². The highest BCUT2D eigenvalue weighted by atomic mass is 79.9. The van der Waals surface area contributed by atoms with Gasteiger partial charge >= 0.3 is 0 Å². The Labute approximate surface area is 100.0 Å². The van der Waals surface area contributed by atoms with E-state index in [1.54, 1.807) is 0 Å². The molecule has 1 aromatic rings. The molecule has 1 heterocycles. The van der Waals surface area contributed by atoms with Crippen LogP contribution < -0.4 is 4.74 Å². The zero-order valence-corrected chi connectivity index (χ0v) is 10.8. The molecule has 1 aromatic carbocycles. The number of para-hydroxylation sites is 1. The van der Waals surface area contributed by atoms with Gasteiger partial charge < -0.3 is 4.74 Å². The summed E-state index contributed by atoms with van der Waals surface area (Å²) in [5.74, 6) is 2.35. The number of hydrogen-bond acceptors (Lipinski definition) is 1. The Morgan fingerprint density at radius 3 is 2.87 bits per heavy atom. The lowest BCUT2D eigenvalue weighted by Gasteiger charge is -2.17. The molecule has 15 heavy (non-hydrogen) atoms. The van der Waals surface area contributed by atoms with E-state index in [9.17, 15) is 0 Å². The van der Waals surface area contributed by atoms with Gasteiger partial charge in [-0.25, -0.2) is 0 Å². The first kappa shape index (κ1) is 11.0. The fourth-order valence-electron chi connectivity index (χ4n) is 2.06. The molecule has 1 aliphatic rings. The predicted molar refractivity (Wildman–Crippen MR) is 66.8 cm³/mol. The summed E-state index contributed by atoms with van der Waals surface area (Å²) in [6.45, 7) is 5.36. The van der Waals surface area contributed by atoms with Crippen LogP contribution in [-0.4, -0.2) is 11.4 Å². The molecule has 0 amide bonds. The molecule has 1 aliphatic heterocycles. The van der Waals surface area contributed by atoms with Crippen molar-refractivity contribution in [1.29, 1.82) is 0 Å². The Morgan fingerprint density at radius 2 is 2.13 bits per heavy atom. The van der Waals surface area contributed by atoms with Crippen LogP contribution in [0.3, 0.4) is 0 Å². The normalized spacial score (nSPS) is 23.0. The van der Waals surface area contributed by atoms with Gasteiger partial charge in [0.2, 0.25) is 0 Å². The quantitative estimate of drug-likeness (QED) is 0.754. The van der Waals surface area contributed by atoms with E-state index in [0.29, 0.717) is 16.7 Å². The fourth-order valence-corrected chi connectivity index (χ4v) is 2.28. The van der Waals surface area contributed by atoms with E-state index in [4.69, 9.17) is 4.74 Å². The van der Waals surface area contributed by atoms with Crippen molar-refractivity contribution >= 4 is 15.9 Å². The monoisotopic (exact) mass is 268 g/mol. The summed E-state index contributed by atoms with van der Waals surface area (Å²) in [5, 5.41) is 0. The number of hydrogen-bond donors (Lipinski definition) is 0. The van der Waals surface area contributed by atoms with Gasteiger partial charge in [-0.2, -0.15) is 0 Å². The second-order valence-corrected chi connectivity index (χ2v) is 5.88. The van der Waals surface area contributed by atoms with E-state index in [1.165, 1.54) is 12.0 Å². The molecular weight excluding hydrogens is 252 g/mol. The van der Waals surface area contributed by atoms with Crippen LogP contribution in [0.25, 0.3) is 0 Å². The zero-order valence-electron chi connectivity index (χ0n) is 9.24. The second kappa shape index (κ2) is 4.56. The number of fused-ring (bicyclic) bond motifs is 1. The largest absolute Gasteiger partial charge is 0.493 e. The van der Waals surface area contributed by atoms with Crippen LogP contribution in [0.2, 0.25) is 0 Å². The molecule has 0 saturated carbocycles. The Hall–Kier alpha value is -0.500. The molecule has 3 unspecified atom stereocenters. The van der Waals surface area contributed by atoms with E-state index >= 15 is 0 Å². The first-order chi connectivity index (χ1) is 7.18. The summed E-state index contributed by atoms with van der Waals surface area (Å²) in [4.78, 5) is 0.574. The lowest BCUT2D eigenvalue weighted by atomic mass is 9.90. The minimum atomic E-state index is 0.574. The van der Waals surface area contributed by atoms with E-state index in [-0.39, 0.29) is 0 Å². The summed E-state index contributed by atoms with van der Waals surface area (Å²) in [6, 6.07) is 8.40. The van der Waals surface area contributed by atoms with Crippen LogP contribution in [0.1, 0.15) is 31.7 Å². The van der Waals surface area contributed by atoms with Gasteiger partial charge in [-0.3, -0.25) is 0 Å². The third kappa shape index (κ3) is 2.36. The molecule has 0 N–H and O–H groups in total. The van der Waals surface area contributed by atoms with Gasteiger partial charge in [-0.05, 0) is 18.4 Å².